The molecule has 1 aromatic heterocycles. The summed E-state index contributed by atoms with van der Waals surface area (Å²) in [6.45, 7) is 3.68. The number of nitrogens with zero attached hydrogens (tertiary/aromatic N) is 1. The number of ketones is 1. The van der Waals surface area contributed by atoms with Crippen LogP contribution in [0.25, 0.3) is 0 Å². The zero-order chi connectivity index (χ0) is 12.3. The minimum Gasteiger partial charge on any atom is -0.347 e. The van der Waals surface area contributed by atoms with E-state index in [0.717, 1.165) is 0 Å². The van der Waals surface area contributed by atoms with Gasteiger partial charge in [-0.2, -0.15) is 0 Å². The summed E-state index contributed by atoms with van der Waals surface area (Å²) >= 11 is 0. The maximum absolute atomic E-state index is 11.8. The molecule has 16 heavy (non-hydrogen) atoms. The fourth-order valence-electron chi connectivity index (χ4n) is 1.34. The highest BCUT2D eigenvalue weighted by Gasteiger charge is 2.14. The van der Waals surface area contributed by atoms with Crippen LogP contribution in [-0.4, -0.2) is 28.8 Å². The number of aryl methyl sites for hydroxylation is 1. The first-order valence-electron chi connectivity index (χ1n) is 5.14. The first-order chi connectivity index (χ1) is 7.45. The first-order valence-corrected chi connectivity index (χ1v) is 5.14. The minimum atomic E-state index is -0.215. The Kier molecular flexibility index (Phi) is 3.84. The van der Waals surface area contributed by atoms with Crippen molar-refractivity contribution in [3.05, 3.63) is 23.5 Å². The van der Waals surface area contributed by atoms with E-state index in [9.17, 15) is 9.59 Å². The molecule has 1 heterocycles. The van der Waals surface area contributed by atoms with Gasteiger partial charge in [-0.15, -0.1) is 0 Å². The lowest BCUT2D eigenvalue weighted by atomic mass is 10.2. The molecule has 1 atom stereocenters. The van der Waals surface area contributed by atoms with Gasteiger partial charge in [0.2, 0.25) is 0 Å². The van der Waals surface area contributed by atoms with Gasteiger partial charge in [-0.3, -0.25) is 9.59 Å². The number of amides is 1. The Balaban J connectivity index is 2.87. The number of nitrogens with two attached hydrogens (primary N) is 1. The first kappa shape index (κ1) is 12.4. The van der Waals surface area contributed by atoms with Gasteiger partial charge in [-0.05, 0) is 19.9 Å². The van der Waals surface area contributed by atoms with Crippen molar-refractivity contribution in [2.75, 3.05) is 6.54 Å². The smallest absolute Gasteiger partial charge is 0.268 e. The fourth-order valence-corrected chi connectivity index (χ4v) is 1.34. The van der Waals surface area contributed by atoms with Gasteiger partial charge in [0.05, 0.1) is 0 Å². The van der Waals surface area contributed by atoms with Crippen LogP contribution in [0, 0.1) is 0 Å². The molecule has 1 aromatic rings. The van der Waals surface area contributed by atoms with Crippen molar-refractivity contribution in [3.63, 3.8) is 0 Å². The third kappa shape index (κ3) is 2.70. The second-order valence-corrected chi connectivity index (χ2v) is 3.89. The van der Waals surface area contributed by atoms with Crippen LogP contribution in [0.5, 0.6) is 0 Å². The molecule has 0 aliphatic rings. The highest BCUT2D eigenvalue weighted by atomic mass is 16.2. The molecule has 0 aliphatic carbocycles. The number of aromatic nitrogens is 1. The van der Waals surface area contributed by atoms with Gasteiger partial charge in [0.1, 0.15) is 5.69 Å². The lowest BCUT2D eigenvalue weighted by molar-refractivity contribution is 0.0933. The molecular weight excluding hydrogens is 206 g/mol. The van der Waals surface area contributed by atoms with Crippen LogP contribution in [0.2, 0.25) is 0 Å². The van der Waals surface area contributed by atoms with Crippen molar-refractivity contribution in [2.45, 2.75) is 19.9 Å². The molecule has 3 N–H and O–H groups in total. The lowest BCUT2D eigenvalue weighted by Crippen LogP contribution is -2.38. The Bertz CT molecular complexity index is 409. The van der Waals surface area contributed by atoms with Gasteiger partial charge in [0.25, 0.3) is 5.91 Å². The summed E-state index contributed by atoms with van der Waals surface area (Å²) in [5.74, 6) is -0.269. The zero-order valence-electron chi connectivity index (χ0n) is 9.78. The number of hydrogen-bond donors (Lipinski definition) is 2. The topological polar surface area (TPSA) is 77.1 Å². The molecule has 0 fully saturated rings. The monoisotopic (exact) mass is 223 g/mol. The molecule has 0 unspecified atom stereocenters. The van der Waals surface area contributed by atoms with Crippen LogP contribution in [0.15, 0.2) is 12.3 Å². The number of rotatable bonds is 4. The molecule has 0 spiro atoms. The number of nitrogens with one attached hydrogen (secondary N) is 1. The predicted molar refractivity (Wildman–Crippen MR) is 61.4 cm³/mol. The molecule has 0 aliphatic heterocycles. The molecule has 1 amide bonds. The Hall–Kier alpha value is -1.62. The van der Waals surface area contributed by atoms with E-state index >= 15 is 0 Å². The van der Waals surface area contributed by atoms with Crippen molar-refractivity contribution < 1.29 is 9.59 Å². The maximum atomic E-state index is 11.8. The Labute approximate surface area is 94.6 Å². The molecule has 0 radical (unpaired) electrons. The van der Waals surface area contributed by atoms with E-state index in [2.05, 4.69) is 5.32 Å². The summed E-state index contributed by atoms with van der Waals surface area (Å²) in [7, 11) is 1.73. The molecule has 0 saturated carbocycles. The van der Waals surface area contributed by atoms with Crippen LogP contribution in [0.4, 0.5) is 0 Å². The molecule has 1 rings (SSSR count). The van der Waals surface area contributed by atoms with Gasteiger partial charge in [0, 0.05) is 31.4 Å². The second-order valence-electron chi connectivity index (χ2n) is 3.89. The van der Waals surface area contributed by atoms with E-state index in [1.165, 1.54) is 6.92 Å². The van der Waals surface area contributed by atoms with Gasteiger partial charge in [-0.25, -0.2) is 0 Å². The summed E-state index contributed by atoms with van der Waals surface area (Å²) in [6, 6.07) is 1.50. The number of carbonyl (C=O) groups is 2. The third-order valence-electron chi connectivity index (χ3n) is 2.38. The highest BCUT2D eigenvalue weighted by Crippen LogP contribution is 2.08. The quantitative estimate of drug-likeness (QED) is 0.721. The molecule has 5 nitrogen and oxygen atoms in total. The zero-order valence-corrected chi connectivity index (χ0v) is 9.78. The van der Waals surface area contributed by atoms with Crippen molar-refractivity contribution in [3.8, 4) is 0 Å². The number of hydrogen-bond acceptors (Lipinski definition) is 3. The fraction of sp³-hybridized carbons (Fsp3) is 0.455. The van der Waals surface area contributed by atoms with Crippen molar-refractivity contribution in [2.24, 2.45) is 12.8 Å². The number of Topliss-reactive ketones (excluding diaryl/α,β-unsaturated/α-hetero) is 1. The summed E-state index contributed by atoms with van der Waals surface area (Å²) in [5, 5.41) is 2.74. The summed E-state index contributed by atoms with van der Waals surface area (Å²) < 4.78 is 1.63. The van der Waals surface area contributed by atoms with Crippen LogP contribution in [0.1, 0.15) is 34.7 Å². The Morgan fingerprint density at radius 1 is 1.56 bits per heavy atom. The third-order valence-corrected chi connectivity index (χ3v) is 2.38. The number of carbonyl (C=O) groups excluding carboxylic acids is 2. The molecule has 0 saturated heterocycles. The van der Waals surface area contributed by atoms with Gasteiger partial charge < -0.3 is 15.6 Å². The highest BCUT2D eigenvalue weighted by molar-refractivity contribution is 5.99. The van der Waals surface area contributed by atoms with Crippen molar-refractivity contribution in [1.82, 2.24) is 9.88 Å². The molecule has 0 aromatic carbocycles. The normalized spacial score (nSPS) is 12.2. The van der Waals surface area contributed by atoms with E-state index < -0.39 is 0 Å². The minimum absolute atomic E-state index is 0.0541. The molecule has 5 heteroatoms. The largest absolute Gasteiger partial charge is 0.347 e. The summed E-state index contributed by atoms with van der Waals surface area (Å²) in [4.78, 5) is 22.9. The van der Waals surface area contributed by atoms with Gasteiger partial charge in [0.15, 0.2) is 5.78 Å². The summed E-state index contributed by atoms with van der Waals surface area (Å²) in [6.07, 6.45) is 1.64. The van der Waals surface area contributed by atoms with Crippen LogP contribution >= 0.6 is 0 Å². The van der Waals surface area contributed by atoms with Gasteiger partial charge in [-0.1, -0.05) is 0 Å². The van der Waals surface area contributed by atoms with Crippen molar-refractivity contribution >= 4 is 11.7 Å². The van der Waals surface area contributed by atoms with Crippen LogP contribution < -0.4 is 11.1 Å². The second kappa shape index (κ2) is 4.94. The van der Waals surface area contributed by atoms with E-state index in [1.807, 2.05) is 6.92 Å². The Morgan fingerprint density at radius 2 is 2.19 bits per heavy atom. The van der Waals surface area contributed by atoms with E-state index in [-0.39, 0.29) is 17.7 Å². The molecule has 88 valence electrons. The van der Waals surface area contributed by atoms with Crippen molar-refractivity contribution in [1.29, 1.82) is 0 Å². The van der Waals surface area contributed by atoms with E-state index in [0.29, 0.717) is 17.8 Å². The SMILES string of the molecule is CC(=O)c1cc(C(=O)N[C@@H](C)CN)n(C)c1. The van der Waals surface area contributed by atoms with Crippen LogP contribution in [0.3, 0.4) is 0 Å². The standard InChI is InChI=1S/C11H17N3O2/c1-7(5-12)13-11(16)10-4-9(8(2)15)6-14(10)3/h4,6-7H,5,12H2,1-3H3,(H,13,16)/t7-/m0/s1. The maximum Gasteiger partial charge on any atom is 0.268 e. The average Bonchev–Trinajstić information content (AvgIpc) is 2.60. The lowest BCUT2D eigenvalue weighted by Gasteiger charge is -2.11. The van der Waals surface area contributed by atoms with Crippen LogP contribution in [-0.2, 0) is 7.05 Å². The molecular formula is C11H17N3O2. The van der Waals surface area contributed by atoms with E-state index in [4.69, 9.17) is 5.73 Å². The van der Waals surface area contributed by atoms with Gasteiger partial charge >= 0.3 is 0 Å². The summed E-state index contributed by atoms with van der Waals surface area (Å²) in [5.41, 5.74) is 6.41. The Morgan fingerprint density at radius 3 is 2.62 bits per heavy atom. The average molecular weight is 223 g/mol. The predicted octanol–water partition coefficient (Wildman–Crippen LogP) is 0.305. The van der Waals surface area contributed by atoms with E-state index in [1.54, 1.807) is 23.9 Å². The molecule has 0 bridgehead atoms.